The van der Waals surface area contributed by atoms with Crippen molar-refractivity contribution in [3.8, 4) is 0 Å². The summed E-state index contributed by atoms with van der Waals surface area (Å²) < 4.78 is 5.49. The lowest BCUT2D eigenvalue weighted by Gasteiger charge is -2.06. The van der Waals surface area contributed by atoms with E-state index in [2.05, 4.69) is 43.4 Å². The minimum absolute atomic E-state index is 0.813. The molecular formula is C15H25NO. The molecule has 0 atom stereocenters. The van der Waals surface area contributed by atoms with Gasteiger partial charge in [0.25, 0.3) is 0 Å². The summed E-state index contributed by atoms with van der Waals surface area (Å²) in [5.74, 6) is 0. The summed E-state index contributed by atoms with van der Waals surface area (Å²) in [5, 5.41) is 3.39. The summed E-state index contributed by atoms with van der Waals surface area (Å²) in [7, 11) is 0. The monoisotopic (exact) mass is 235 g/mol. The second kappa shape index (κ2) is 9.20. The van der Waals surface area contributed by atoms with Crippen LogP contribution in [-0.4, -0.2) is 19.8 Å². The average molecular weight is 235 g/mol. The first-order valence-electron chi connectivity index (χ1n) is 6.73. The first kappa shape index (κ1) is 14.2. The standard InChI is InChI=1S/C15H25NO/c1-3-5-11-17-12-10-16-13-15-8-6-14(4-2)7-9-15/h6-9,16H,3-5,10-13H2,1-2H3. The Balaban J connectivity index is 2.05. The fraction of sp³-hybridized carbons (Fsp3) is 0.600. The van der Waals surface area contributed by atoms with Gasteiger partial charge in [-0.3, -0.25) is 0 Å². The van der Waals surface area contributed by atoms with Crippen molar-refractivity contribution < 1.29 is 4.74 Å². The maximum Gasteiger partial charge on any atom is 0.0591 e. The number of hydrogen-bond acceptors (Lipinski definition) is 2. The highest BCUT2D eigenvalue weighted by molar-refractivity contribution is 5.22. The minimum atomic E-state index is 0.813. The largest absolute Gasteiger partial charge is 0.380 e. The fourth-order valence-corrected chi connectivity index (χ4v) is 1.62. The summed E-state index contributed by atoms with van der Waals surface area (Å²) in [6, 6.07) is 8.80. The SMILES string of the molecule is CCCCOCCNCc1ccc(CC)cc1. The normalized spacial score (nSPS) is 10.7. The average Bonchev–Trinajstić information content (AvgIpc) is 2.38. The van der Waals surface area contributed by atoms with Crippen LogP contribution in [0.5, 0.6) is 0 Å². The van der Waals surface area contributed by atoms with Crippen LogP contribution in [0.25, 0.3) is 0 Å². The topological polar surface area (TPSA) is 21.3 Å². The van der Waals surface area contributed by atoms with E-state index in [0.717, 1.165) is 32.7 Å². The zero-order valence-corrected chi connectivity index (χ0v) is 11.2. The lowest BCUT2D eigenvalue weighted by Crippen LogP contribution is -2.19. The third-order valence-corrected chi connectivity index (χ3v) is 2.83. The van der Waals surface area contributed by atoms with Gasteiger partial charge in [-0.2, -0.15) is 0 Å². The predicted molar refractivity (Wildman–Crippen MR) is 73.3 cm³/mol. The maximum absolute atomic E-state index is 5.49. The first-order valence-corrected chi connectivity index (χ1v) is 6.73. The van der Waals surface area contributed by atoms with Gasteiger partial charge in [0.15, 0.2) is 0 Å². The van der Waals surface area contributed by atoms with Crippen LogP contribution in [0.3, 0.4) is 0 Å². The molecule has 1 aromatic rings. The molecule has 0 unspecified atom stereocenters. The van der Waals surface area contributed by atoms with Crippen molar-refractivity contribution in [3.63, 3.8) is 0 Å². The summed E-state index contributed by atoms with van der Waals surface area (Å²) in [6.45, 7) is 7.93. The van der Waals surface area contributed by atoms with E-state index in [1.165, 1.54) is 24.0 Å². The van der Waals surface area contributed by atoms with Gasteiger partial charge in [0.1, 0.15) is 0 Å². The van der Waals surface area contributed by atoms with E-state index in [1.54, 1.807) is 0 Å². The summed E-state index contributed by atoms with van der Waals surface area (Å²) in [6.07, 6.45) is 3.48. The van der Waals surface area contributed by atoms with Gasteiger partial charge in [-0.15, -0.1) is 0 Å². The Morgan fingerprint density at radius 2 is 1.71 bits per heavy atom. The quantitative estimate of drug-likeness (QED) is 0.664. The zero-order chi connectivity index (χ0) is 12.3. The van der Waals surface area contributed by atoms with Gasteiger partial charge in [-0.05, 0) is 24.0 Å². The smallest absolute Gasteiger partial charge is 0.0591 e. The van der Waals surface area contributed by atoms with Crippen LogP contribution < -0.4 is 5.32 Å². The van der Waals surface area contributed by atoms with E-state index in [-0.39, 0.29) is 0 Å². The van der Waals surface area contributed by atoms with Crippen molar-refractivity contribution in [1.82, 2.24) is 5.32 Å². The van der Waals surface area contributed by atoms with Crippen molar-refractivity contribution in [3.05, 3.63) is 35.4 Å². The molecule has 1 rings (SSSR count). The lowest BCUT2D eigenvalue weighted by molar-refractivity contribution is 0.133. The Kier molecular flexibility index (Phi) is 7.69. The molecule has 0 aliphatic heterocycles. The number of hydrogen-bond donors (Lipinski definition) is 1. The minimum Gasteiger partial charge on any atom is -0.380 e. The van der Waals surface area contributed by atoms with Gasteiger partial charge in [-0.1, -0.05) is 44.5 Å². The van der Waals surface area contributed by atoms with Gasteiger partial charge in [0, 0.05) is 19.7 Å². The number of unbranched alkanes of at least 4 members (excludes halogenated alkanes) is 1. The molecule has 0 radical (unpaired) electrons. The lowest BCUT2D eigenvalue weighted by atomic mass is 10.1. The highest BCUT2D eigenvalue weighted by Crippen LogP contribution is 2.04. The Bertz CT molecular complexity index is 281. The van der Waals surface area contributed by atoms with Crippen LogP contribution in [0, 0.1) is 0 Å². The molecule has 1 N–H and O–H groups in total. The van der Waals surface area contributed by atoms with Crippen molar-refractivity contribution in [2.24, 2.45) is 0 Å². The van der Waals surface area contributed by atoms with Crippen LogP contribution in [0.4, 0.5) is 0 Å². The maximum atomic E-state index is 5.49. The van der Waals surface area contributed by atoms with Crippen LogP contribution >= 0.6 is 0 Å². The summed E-state index contributed by atoms with van der Waals surface area (Å²) >= 11 is 0. The molecule has 0 aliphatic rings. The third kappa shape index (κ3) is 6.44. The van der Waals surface area contributed by atoms with Crippen molar-refractivity contribution in [2.75, 3.05) is 19.8 Å². The molecule has 0 heterocycles. The van der Waals surface area contributed by atoms with E-state index in [1.807, 2.05) is 0 Å². The molecule has 0 spiro atoms. The molecule has 0 fully saturated rings. The van der Waals surface area contributed by atoms with Gasteiger partial charge >= 0.3 is 0 Å². The number of benzene rings is 1. The Morgan fingerprint density at radius 1 is 1.00 bits per heavy atom. The van der Waals surface area contributed by atoms with Crippen molar-refractivity contribution in [1.29, 1.82) is 0 Å². The Morgan fingerprint density at radius 3 is 2.35 bits per heavy atom. The van der Waals surface area contributed by atoms with Crippen LogP contribution in [-0.2, 0) is 17.7 Å². The van der Waals surface area contributed by atoms with E-state index in [0.29, 0.717) is 0 Å². The van der Waals surface area contributed by atoms with Gasteiger partial charge in [0.05, 0.1) is 6.61 Å². The van der Waals surface area contributed by atoms with E-state index < -0.39 is 0 Å². The number of rotatable bonds is 9. The van der Waals surface area contributed by atoms with E-state index >= 15 is 0 Å². The summed E-state index contributed by atoms with van der Waals surface area (Å²) in [4.78, 5) is 0. The molecule has 0 bridgehead atoms. The molecule has 0 saturated carbocycles. The molecule has 0 saturated heterocycles. The van der Waals surface area contributed by atoms with Gasteiger partial charge in [-0.25, -0.2) is 0 Å². The Labute approximate surface area is 105 Å². The molecule has 0 amide bonds. The van der Waals surface area contributed by atoms with E-state index in [9.17, 15) is 0 Å². The molecule has 1 aromatic carbocycles. The molecule has 0 aliphatic carbocycles. The number of nitrogens with one attached hydrogen (secondary N) is 1. The van der Waals surface area contributed by atoms with Gasteiger partial charge < -0.3 is 10.1 Å². The van der Waals surface area contributed by atoms with E-state index in [4.69, 9.17) is 4.74 Å². The second-order valence-corrected chi connectivity index (χ2v) is 4.31. The van der Waals surface area contributed by atoms with Crippen LogP contribution in [0.15, 0.2) is 24.3 Å². The molecule has 0 aromatic heterocycles. The Hall–Kier alpha value is -0.860. The highest BCUT2D eigenvalue weighted by atomic mass is 16.5. The van der Waals surface area contributed by atoms with Gasteiger partial charge in [0.2, 0.25) is 0 Å². The zero-order valence-electron chi connectivity index (χ0n) is 11.2. The first-order chi connectivity index (χ1) is 8.36. The molecule has 2 heteroatoms. The fourth-order valence-electron chi connectivity index (χ4n) is 1.62. The van der Waals surface area contributed by atoms with Crippen LogP contribution in [0.2, 0.25) is 0 Å². The third-order valence-electron chi connectivity index (χ3n) is 2.83. The molecular weight excluding hydrogens is 210 g/mol. The predicted octanol–water partition coefficient (Wildman–Crippen LogP) is 3.16. The number of aryl methyl sites for hydroxylation is 1. The van der Waals surface area contributed by atoms with Crippen molar-refractivity contribution in [2.45, 2.75) is 39.7 Å². The summed E-state index contributed by atoms with van der Waals surface area (Å²) in [5.41, 5.74) is 2.74. The second-order valence-electron chi connectivity index (χ2n) is 4.31. The molecule has 96 valence electrons. The van der Waals surface area contributed by atoms with Crippen LogP contribution in [0.1, 0.15) is 37.8 Å². The molecule has 2 nitrogen and oxygen atoms in total. The molecule has 17 heavy (non-hydrogen) atoms. The number of ether oxygens (including phenoxy) is 1. The highest BCUT2D eigenvalue weighted by Gasteiger charge is 1.93. The van der Waals surface area contributed by atoms with Crippen molar-refractivity contribution >= 4 is 0 Å².